The Hall–Kier alpha value is -3.22. The molecule has 0 aliphatic carbocycles. The zero-order chi connectivity index (χ0) is 19.7. The van der Waals surface area contributed by atoms with Gasteiger partial charge in [0.25, 0.3) is 5.91 Å². The predicted molar refractivity (Wildman–Crippen MR) is 106 cm³/mol. The van der Waals surface area contributed by atoms with E-state index >= 15 is 0 Å². The number of likely N-dealkylation sites (tertiary alicyclic amines) is 1. The van der Waals surface area contributed by atoms with Crippen LogP contribution in [0.5, 0.6) is 0 Å². The van der Waals surface area contributed by atoms with Crippen LogP contribution in [0.4, 0.5) is 5.69 Å². The van der Waals surface area contributed by atoms with Gasteiger partial charge in [0.2, 0.25) is 5.91 Å². The van der Waals surface area contributed by atoms with Gasteiger partial charge in [0.1, 0.15) is 5.82 Å². The molecule has 0 bridgehead atoms. The standard InChI is InChI=1S/C21H23N5O2/c1-14-8-9-16(12-18(14)22-15(2)27)21(28)25-10-5-6-17(13-25)20-24-23-19-7-3-4-11-26(19)20/h3-4,7-9,11-12,17H,5-6,10,13H2,1-2H3,(H,22,27). The first kappa shape index (κ1) is 18.2. The highest BCUT2D eigenvalue weighted by Crippen LogP contribution is 2.27. The van der Waals surface area contributed by atoms with Crippen molar-refractivity contribution in [3.05, 3.63) is 59.5 Å². The van der Waals surface area contributed by atoms with E-state index in [-0.39, 0.29) is 17.7 Å². The molecule has 1 fully saturated rings. The van der Waals surface area contributed by atoms with E-state index in [2.05, 4.69) is 15.5 Å². The van der Waals surface area contributed by atoms with Crippen molar-refractivity contribution < 1.29 is 9.59 Å². The van der Waals surface area contributed by atoms with Crippen LogP contribution in [0, 0.1) is 6.92 Å². The van der Waals surface area contributed by atoms with Gasteiger partial charge in [-0.05, 0) is 49.6 Å². The summed E-state index contributed by atoms with van der Waals surface area (Å²) in [6, 6.07) is 11.3. The number of aromatic nitrogens is 3. The van der Waals surface area contributed by atoms with Crippen LogP contribution < -0.4 is 5.32 Å². The Kier molecular flexibility index (Phi) is 4.81. The minimum atomic E-state index is -0.149. The Morgan fingerprint density at radius 3 is 2.86 bits per heavy atom. The van der Waals surface area contributed by atoms with Gasteiger partial charge in [0.05, 0.1) is 0 Å². The van der Waals surface area contributed by atoms with E-state index in [1.54, 1.807) is 6.07 Å². The van der Waals surface area contributed by atoms with E-state index in [0.29, 0.717) is 17.8 Å². The zero-order valence-electron chi connectivity index (χ0n) is 16.1. The smallest absolute Gasteiger partial charge is 0.253 e. The summed E-state index contributed by atoms with van der Waals surface area (Å²) in [4.78, 5) is 26.4. The number of rotatable bonds is 3. The van der Waals surface area contributed by atoms with Crippen LogP contribution in [0.25, 0.3) is 5.65 Å². The second-order valence-electron chi connectivity index (χ2n) is 7.29. The Bertz CT molecular complexity index is 1040. The summed E-state index contributed by atoms with van der Waals surface area (Å²) >= 11 is 0. The molecule has 3 aromatic rings. The third kappa shape index (κ3) is 3.47. The fraction of sp³-hybridized carbons (Fsp3) is 0.333. The van der Waals surface area contributed by atoms with Gasteiger partial charge < -0.3 is 10.2 Å². The molecule has 0 spiro atoms. The maximum atomic E-state index is 13.1. The Morgan fingerprint density at radius 1 is 1.18 bits per heavy atom. The van der Waals surface area contributed by atoms with Crippen molar-refractivity contribution >= 4 is 23.1 Å². The number of nitrogens with zero attached hydrogens (tertiary/aromatic N) is 4. The minimum absolute atomic E-state index is 0.0230. The van der Waals surface area contributed by atoms with E-state index in [1.807, 2.05) is 52.8 Å². The van der Waals surface area contributed by atoms with Gasteiger partial charge in [0.15, 0.2) is 5.65 Å². The maximum Gasteiger partial charge on any atom is 0.253 e. The van der Waals surface area contributed by atoms with Gasteiger partial charge in [-0.25, -0.2) is 0 Å². The molecule has 1 aliphatic heterocycles. The number of hydrogen-bond acceptors (Lipinski definition) is 4. The van der Waals surface area contributed by atoms with Crippen LogP contribution in [0.15, 0.2) is 42.6 Å². The number of benzene rings is 1. The third-order valence-electron chi connectivity index (χ3n) is 5.21. The van der Waals surface area contributed by atoms with Crippen molar-refractivity contribution in [2.75, 3.05) is 18.4 Å². The fourth-order valence-electron chi connectivity index (χ4n) is 3.77. The predicted octanol–water partition coefficient (Wildman–Crippen LogP) is 3.02. The molecule has 144 valence electrons. The van der Waals surface area contributed by atoms with Crippen LogP contribution in [0.2, 0.25) is 0 Å². The molecule has 0 saturated carbocycles. The van der Waals surface area contributed by atoms with Crippen molar-refractivity contribution in [3.63, 3.8) is 0 Å². The fourth-order valence-corrected chi connectivity index (χ4v) is 3.77. The second kappa shape index (κ2) is 7.42. The lowest BCUT2D eigenvalue weighted by molar-refractivity contribution is -0.114. The Balaban J connectivity index is 1.56. The van der Waals surface area contributed by atoms with Crippen molar-refractivity contribution in [1.29, 1.82) is 0 Å². The molecule has 1 atom stereocenters. The molecule has 2 amide bonds. The Labute approximate surface area is 163 Å². The van der Waals surface area contributed by atoms with Crippen LogP contribution in [-0.2, 0) is 4.79 Å². The number of nitrogens with one attached hydrogen (secondary N) is 1. The number of pyridine rings is 1. The van der Waals surface area contributed by atoms with E-state index in [9.17, 15) is 9.59 Å². The number of hydrogen-bond donors (Lipinski definition) is 1. The molecular formula is C21H23N5O2. The molecule has 0 radical (unpaired) electrons. The van der Waals surface area contributed by atoms with Crippen LogP contribution >= 0.6 is 0 Å². The molecule has 3 heterocycles. The Morgan fingerprint density at radius 2 is 2.04 bits per heavy atom. The normalized spacial score (nSPS) is 16.9. The van der Waals surface area contributed by atoms with Gasteiger partial charge >= 0.3 is 0 Å². The molecule has 7 heteroatoms. The quantitative estimate of drug-likeness (QED) is 0.761. The number of anilines is 1. The van der Waals surface area contributed by atoms with Crippen LogP contribution in [0.1, 0.15) is 47.4 Å². The van der Waals surface area contributed by atoms with E-state index in [0.717, 1.165) is 36.4 Å². The molecule has 7 nitrogen and oxygen atoms in total. The number of fused-ring (bicyclic) bond motifs is 1. The summed E-state index contributed by atoms with van der Waals surface area (Å²) in [5.74, 6) is 0.876. The molecule has 1 unspecified atom stereocenters. The van der Waals surface area contributed by atoms with Gasteiger partial charge in [0, 0.05) is 43.4 Å². The molecular weight excluding hydrogens is 354 g/mol. The van der Waals surface area contributed by atoms with Crippen molar-refractivity contribution in [1.82, 2.24) is 19.5 Å². The molecule has 1 saturated heterocycles. The van der Waals surface area contributed by atoms with Crippen LogP contribution in [0.3, 0.4) is 0 Å². The number of amides is 2. The maximum absolute atomic E-state index is 13.1. The SMILES string of the molecule is CC(=O)Nc1cc(C(=O)N2CCCC(c3nnc4ccccn34)C2)ccc1C. The van der Waals surface area contributed by atoms with E-state index in [4.69, 9.17) is 0 Å². The summed E-state index contributed by atoms with van der Waals surface area (Å²) in [5, 5.41) is 11.4. The summed E-state index contributed by atoms with van der Waals surface area (Å²) in [6.45, 7) is 4.70. The number of aryl methyl sites for hydroxylation is 1. The molecule has 1 N–H and O–H groups in total. The highest BCUT2D eigenvalue weighted by molar-refractivity contribution is 5.97. The largest absolute Gasteiger partial charge is 0.338 e. The van der Waals surface area contributed by atoms with Crippen molar-refractivity contribution in [3.8, 4) is 0 Å². The lowest BCUT2D eigenvalue weighted by Gasteiger charge is -2.32. The van der Waals surface area contributed by atoms with Gasteiger partial charge in [-0.3, -0.25) is 14.0 Å². The van der Waals surface area contributed by atoms with E-state index in [1.165, 1.54) is 6.92 Å². The van der Waals surface area contributed by atoms with E-state index < -0.39 is 0 Å². The first-order chi connectivity index (χ1) is 13.5. The second-order valence-corrected chi connectivity index (χ2v) is 7.29. The summed E-state index contributed by atoms with van der Waals surface area (Å²) in [7, 11) is 0. The first-order valence-corrected chi connectivity index (χ1v) is 9.50. The van der Waals surface area contributed by atoms with Gasteiger partial charge in [-0.15, -0.1) is 10.2 Å². The summed E-state index contributed by atoms with van der Waals surface area (Å²) in [6.07, 6.45) is 3.86. The minimum Gasteiger partial charge on any atom is -0.338 e. The molecule has 4 rings (SSSR count). The van der Waals surface area contributed by atoms with Crippen molar-refractivity contribution in [2.45, 2.75) is 32.6 Å². The summed E-state index contributed by atoms with van der Waals surface area (Å²) in [5.41, 5.74) is 3.01. The van der Waals surface area contributed by atoms with Crippen LogP contribution in [-0.4, -0.2) is 44.4 Å². The third-order valence-corrected chi connectivity index (χ3v) is 5.21. The number of carbonyl (C=O) groups is 2. The molecule has 1 aliphatic rings. The van der Waals surface area contributed by atoms with Gasteiger partial charge in [-0.1, -0.05) is 12.1 Å². The first-order valence-electron chi connectivity index (χ1n) is 9.50. The average Bonchev–Trinajstić information content (AvgIpc) is 3.13. The lowest BCUT2D eigenvalue weighted by atomic mass is 9.96. The van der Waals surface area contributed by atoms with Gasteiger partial charge in [-0.2, -0.15) is 0 Å². The highest BCUT2D eigenvalue weighted by atomic mass is 16.2. The average molecular weight is 377 g/mol. The number of piperidine rings is 1. The molecule has 28 heavy (non-hydrogen) atoms. The molecule has 1 aromatic carbocycles. The molecule has 2 aromatic heterocycles. The number of carbonyl (C=O) groups excluding carboxylic acids is 2. The highest BCUT2D eigenvalue weighted by Gasteiger charge is 2.28. The lowest BCUT2D eigenvalue weighted by Crippen LogP contribution is -2.39. The van der Waals surface area contributed by atoms with Crippen molar-refractivity contribution in [2.24, 2.45) is 0 Å². The zero-order valence-corrected chi connectivity index (χ0v) is 16.1. The topological polar surface area (TPSA) is 79.6 Å². The summed E-state index contributed by atoms with van der Waals surface area (Å²) < 4.78 is 2.00. The monoisotopic (exact) mass is 377 g/mol.